The van der Waals surface area contributed by atoms with Crippen molar-refractivity contribution in [2.45, 2.75) is 45.8 Å². The standard InChI is InChI=1S/C21H36N6O3/c1-15-17-16(7-8-22-15)18(24-19(23-17)29-14-13-25(5)6)26-9-11-27(12-10-26)20(28)30-21(2,3)4/h15,22H,7-14H2,1-6H3/t15-/m0/s1. The summed E-state index contributed by atoms with van der Waals surface area (Å²) in [5.74, 6) is 0.942. The van der Waals surface area contributed by atoms with Gasteiger partial charge >= 0.3 is 12.1 Å². The highest BCUT2D eigenvalue weighted by Gasteiger charge is 2.30. The van der Waals surface area contributed by atoms with Crippen LogP contribution in [0.3, 0.4) is 0 Å². The van der Waals surface area contributed by atoms with Crippen molar-refractivity contribution in [1.82, 2.24) is 25.1 Å². The molecular formula is C21H36N6O3. The van der Waals surface area contributed by atoms with Crippen LogP contribution in [0, 0.1) is 0 Å². The van der Waals surface area contributed by atoms with Gasteiger partial charge in [-0.3, -0.25) is 0 Å². The van der Waals surface area contributed by atoms with Crippen molar-refractivity contribution in [2.75, 3.05) is 64.9 Å². The van der Waals surface area contributed by atoms with E-state index in [1.807, 2.05) is 34.9 Å². The normalized spacial score (nSPS) is 19.6. The van der Waals surface area contributed by atoms with Crippen LogP contribution < -0.4 is 15.0 Å². The minimum Gasteiger partial charge on any atom is -0.462 e. The Bertz CT molecular complexity index is 741. The Morgan fingerprint density at radius 1 is 1.20 bits per heavy atom. The third kappa shape index (κ3) is 5.72. The minimum absolute atomic E-state index is 0.162. The van der Waals surface area contributed by atoms with E-state index >= 15 is 0 Å². The second kappa shape index (κ2) is 9.34. The number of piperazine rings is 1. The van der Waals surface area contributed by atoms with Crippen LogP contribution in [0.4, 0.5) is 10.6 Å². The number of nitrogens with zero attached hydrogens (tertiary/aromatic N) is 5. The number of likely N-dealkylation sites (N-methyl/N-ethyl adjacent to an activating group) is 1. The molecule has 0 spiro atoms. The largest absolute Gasteiger partial charge is 0.462 e. The van der Waals surface area contributed by atoms with Gasteiger partial charge in [0, 0.05) is 44.3 Å². The summed E-state index contributed by atoms with van der Waals surface area (Å²) in [6.07, 6.45) is 0.636. The Labute approximate surface area is 179 Å². The lowest BCUT2D eigenvalue weighted by atomic mass is 10.0. The highest BCUT2D eigenvalue weighted by molar-refractivity contribution is 5.68. The zero-order valence-corrected chi connectivity index (χ0v) is 19.2. The van der Waals surface area contributed by atoms with Crippen LogP contribution in [0.15, 0.2) is 0 Å². The Morgan fingerprint density at radius 3 is 2.53 bits per heavy atom. The molecule has 2 aliphatic rings. The molecule has 0 bridgehead atoms. The maximum Gasteiger partial charge on any atom is 0.410 e. The lowest BCUT2D eigenvalue weighted by Crippen LogP contribution is -2.50. The van der Waals surface area contributed by atoms with Gasteiger partial charge in [-0.1, -0.05) is 0 Å². The Kier molecular flexibility index (Phi) is 7.02. The summed E-state index contributed by atoms with van der Waals surface area (Å²) in [5.41, 5.74) is 1.72. The third-order valence-electron chi connectivity index (χ3n) is 5.23. The fraction of sp³-hybridized carbons (Fsp3) is 0.762. The molecule has 2 aliphatic heterocycles. The third-order valence-corrected chi connectivity index (χ3v) is 5.23. The monoisotopic (exact) mass is 420 g/mol. The smallest absolute Gasteiger partial charge is 0.410 e. The van der Waals surface area contributed by atoms with E-state index in [1.165, 1.54) is 5.56 Å². The van der Waals surface area contributed by atoms with Gasteiger partial charge in [-0.25, -0.2) is 4.79 Å². The number of rotatable bonds is 5. The van der Waals surface area contributed by atoms with Crippen LogP contribution in [0.2, 0.25) is 0 Å². The summed E-state index contributed by atoms with van der Waals surface area (Å²) in [6, 6.07) is 0.588. The van der Waals surface area contributed by atoms with E-state index in [0.29, 0.717) is 38.8 Å². The fourth-order valence-corrected chi connectivity index (χ4v) is 3.65. The molecule has 30 heavy (non-hydrogen) atoms. The summed E-state index contributed by atoms with van der Waals surface area (Å²) < 4.78 is 11.4. The average molecular weight is 421 g/mol. The first kappa shape index (κ1) is 22.6. The van der Waals surface area contributed by atoms with Crippen molar-refractivity contribution in [3.63, 3.8) is 0 Å². The first-order valence-electron chi connectivity index (χ1n) is 10.8. The highest BCUT2D eigenvalue weighted by Crippen LogP contribution is 2.31. The second-order valence-corrected chi connectivity index (χ2v) is 9.23. The van der Waals surface area contributed by atoms with Gasteiger partial charge in [0.15, 0.2) is 0 Å². The number of nitrogens with one attached hydrogen (secondary N) is 1. The molecule has 1 saturated heterocycles. The van der Waals surface area contributed by atoms with Crippen LogP contribution in [-0.4, -0.2) is 91.4 Å². The molecule has 1 aromatic heterocycles. The number of carbonyl (C=O) groups is 1. The molecule has 3 heterocycles. The Hall–Kier alpha value is -2.13. The molecule has 0 radical (unpaired) electrons. The average Bonchev–Trinajstić information content (AvgIpc) is 2.67. The van der Waals surface area contributed by atoms with Crippen molar-refractivity contribution in [2.24, 2.45) is 0 Å². The zero-order valence-electron chi connectivity index (χ0n) is 19.2. The molecule has 0 unspecified atom stereocenters. The summed E-state index contributed by atoms with van der Waals surface area (Å²) in [7, 11) is 4.03. The summed E-state index contributed by atoms with van der Waals surface area (Å²) in [4.78, 5) is 28.0. The van der Waals surface area contributed by atoms with Crippen molar-refractivity contribution in [3.8, 4) is 6.01 Å². The molecule has 1 aromatic rings. The van der Waals surface area contributed by atoms with Crippen LogP contribution >= 0.6 is 0 Å². The van der Waals surface area contributed by atoms with Gasteiger partial charge in [0.1, 0.15) is 18.0 Å². The highest BCUT2D eigenvalue weighted by atomic mass is 16.6. The van der Waals surface area contributed by atoms with E-state index in [4.69, 9.17) is 19.4 Å². The summed E-state index contributed by atoms with van der Waals surface area (Å²) >= 11 is 0. The van der Waals surface area contributed by atoms with Gasteiger partial charge in [0.25, 0.3) is 0 Å². The van der Waals surface area contributed by atoms with Gasteiger partial charge in [-0.2, -0.15) is 9.97 Å². The fourth-order valence-electron chi connectivity index (χ4n) is 3.65. The van der Waals surface area contributed by atoms with Crippen molar-refractivity contribution >= 4 is 11.9 Å². The molecule has 9 heteroatoms. The topological polar surface area (TPSA) is 83.1 Å². The van der Waals surface area contributed by atoms with Crippen LogP contribution in [0.25, 0.3) is 0 Å². The quantitative estimate of drug-likeness (QED) is 0.770. The maximum absolute atomic E-state index is 12.4. The molecule has 0 saturated carbocycles. The lowest BCUT2D eigenvalue weighted by Gasteiger charge is -2.38. The molecule has 3 rings (SSSR count). The molecule has 1 N–H and O–H groups in total. The lowest BCUT2D eigenvalue weighted by molar-refractivity contribution is 0.0240. The van der Waals surface area contributed by atoms with E-state index < -0.39 is 5.60 Å². The Balaban J connectivity index is 1.74. The summed E-state index contributed by atoms with van der Waals surface area (Å²) in [5, 5.41) is 3.47. The maximum atomic E-state index is 12.4. The first-order chi connectivity index (χ1) is 14.1. The van der Waals surface area contributed by atoms with Crippen molar-refractivity contribution in [3.05, 3.63) is 11.3 Å². The molecular weight excluding hydrogens is 384 g/mol. The number of ether oxygens (including phenoxy) is 2. The zero-order chi connectivity index (χ0) is 21.9. The van der Waals surface area contributed by atoms with Gasteiger partial charge in [-0.15, -0.1) is 0 Å². The predicted octanol–water partition coefficient (Wildman–Crippen LogP) is 1.68. The molecule has 1 amide bonds. The summed E-state index contributed by atoms with van der Waals surface area (Å²) in [6.45, 7) is 12.7. The first-order valence-corrected chi connectivity index (χ1v) is 10.8. The minimum atomic E-state index is -0.484. The molecule has 168 valence electrons. The van der Waals surface area contributed by atoms with E-state index in [2.05, 4.69) is 22.0 Å². The number of fused-ring (bicyclic) bond motifs is 1. The van der Waals surface area contributed by atoms with Crippen LogP contribution in [0.5, 0.6) is 6.01 Å². The molecule has 1 fully saturated rings. The van der Waals surface area contributed by atoms with Crippen LogP contribution in [-0.2, 0) is 11.2 Å². The van der Waals surface area contributed by atoms with Gasteiger partial charge in [0.05, 0.1) is 5.69 Å². The number of anilines is 1. The second-order valence-electron chi connectivity index (χ2n) is 9.23. The number of aromatic nitrogens is 2. The number of hydrogen-bond acceptors (Lipinski definition) is 8. The molecule has 0 aromatic carbocycles. The Morgan fingerprint density at radius 2 is 1.90 bits per heavy atom. The van der Waals surface area contributed by atoms with Gasteiger partial charge in [0.2, 0.25) is 0 Å². The van der Waals surface area contributed by atoms with E-state index in [-0.39, 0.29) is 12.1 Å². The van der Waals surface area contributed by atoms with Crippen LogP contribution in [0.1, 0.15) is 45.0 Å². The van der Waals surface area contributed by atoms with Crippen molar-refractivity contribution < 1.29 is 14.3 Å². The van der Waals surface area contributed by atoms with E-state index in [0.717, 1.165) is 31.0 Å². The van der Waals surface area contributed by atoms with E-state index in [1.54, 1.807) is 4.90 Å². The van der Waals surface area contributed by atoms with E-state index in [9.17, 15) is 4.79 Å². The van der Waals surface area contributed by atoms with Crippen molar-refractivity contribution in [1.29, 1.82) is 0 Å². The van der Waals surface area contributed by atoms with Gasteiger partial charge < -0.3 is 29.5 Å². The number of amides is 1. The SMILES string of the molecule is C[C@@H]1NCCc2c1nc(OCCN(C)C)nc2N1CCN(C(=O)OC(C)(C)C)CC1. The molecule has 0 aliphatic carbocycles. The number of hydrogen-bond donors (Lipinski definition) is 1. The molecule has 9 nitrogen and oxygen atoms in total. The predicted molar refractivity (Wildman–Crippen MR) is 116 cm³/mol. The van der Waals surface area contributed by atoms with Gasteiger partial charge in [-0.05, 0) is 54.8 Å². The number of carbonyl (C=O) groups excluding carboxylic acids is 1. The molecule has 1 atom stereocenters.